The van der Waals surface area contributed by atoms with Crippen LogP contribution in [0.1, 0.15) is 22.3 Å². The lowest BCUT2D eigenvalue weighted by atomic mass is 10.1. The molecule has 0 saturated heterocycles. The molecule has 2 aromatic carbocycles. The first-order valence-electron chi connectivity index (χ1n) is 7.69. The predicted molar refractivity (Wildman–Crippen MR) is 88.0 cm³/mol. The number of rotatable bonds is 2. The molecule has 4 heteroatoms. The van der Waals surface area contributed by atoms with Gasteiger partial charge >= 0.3 is 0 Å². The largest absolute Gasteiger partial charge is 0.466 e. The van der Waals surface area contributed by atoms with Crippen LogP contribution in [0.25, 0.3) is 0 Å². The number of nitrogens with zero attached hydrogens (tertiary/aromatic N) is 2. The highest BCUT2D eigenvalue weighted by atomic mass is 16.5. The summed E-state index contributed by atoms with van der Waals surface area (Å²) in [5.74, 6) is 0.392. The van der Waals surface area contributed by atoms with E-state index in [0.717, 1.165) is 12.0 Å². The number of hydrazone groups is 1. The van der Waals surface area contributed by atoms with E-state index in [0.29, 0.717) is 11.5 Å². The van der Waals surface area contributed by atoms with Gasteiger partial charge < -0.3 is 4.74 Å². The lowest BCUT2D eigenvalue weighted by Crippen LogP contribution is -2.47. The van der Waals surface area contributed by atoms with Gasteiger partial charge in [-0.15, -0.1) is 5.10 Å². The third-order valence-corrected chi connectivity index (χ3v) is 4.09. The van der Waals surface area contributed by atoms with Crippen LogP contribution >= 0.6 is 0 Å². The van der Waals surface area contributed by atoms with Crippen LogP contribution in [0.4, 0.5) is 0 Å². The second kappa shape index (κ2) is 5.72. The molecule has 0 unspecified atom stereocenters. The van der Waals surface area contributed by atoms with Crippen LogP contribution in [0.15, 0.2) is 77.9 Å². The molecule has 1 aliphatic heterocycles. The van der Waals surface area contributed by atoms with Gasteiger partial charge in [0.2, 0.25) is 5.90 Å². The zero-order chi connectivity index (χ0) is 15.6. The van der Waals surface area contributed by atoms with Crippen molar-refractivity contribution in [2.24, 2.45) is 5.10 Å². The van der Waals surface area contributed by atoms with Crippen molar-refractivity contribution in [1.82, 2.24) is 5.01 Å². The highest BCUT2D eigenvalue weighted by molar-refractivity contribution is 5.99. The van der Waals surface area contributed by atoms with E-state index in [1.807, 2.05) is 72.8 Å². The molecule has 0 aromatic heterocycles. The summed E-state index contributed by atoms with van der Waals surface area (Å²) in [5, 5.41) is 6.08. The number of carbonyl (C=O) groups is 1. The molecule has 0 bridgehead atoms. The van der Waals surface area contributed by atoms with E-state index >= 15 is 0 Å². The van der Waals surface area contributed by atoms with Crippen LogP contribution in [0, 0.1) is 0 Å². The third kappa shape index (κ3) is 2.52. The van der Waals surface area contributed by atoms with Gasteiger partial charge in [0.15, 0.2) is 0 Å². The van der Waals surface area contributed by atoms with Gasteiger partial charge in [0.1, 0.15) is 12.1 Å². The van der Waals surface area contributed by atoms with Crippen molar-refractivity contribution in [1.29, 1.82) is 0 Å². The van der Waals surface area contributed by atoms with Crippen LogP contribution in [0.2, 0.25) is 0 Å². The summed E-state index contributed by atoms with van der Waals surface area (Å²) in [6.07, 6.45) is 4.67. The molecule has 4 rings (SSSR count). The fourth-order valence-corrected chi connectivity index (χ4v) is 2.91. The number of hydrogen-bond acceptors (Lipinski definition) is 3. The molecule has 23 heavy (non-hydrogen) atoms. The van der Waals surface area contributed by atoms with Crippen LogP contribution in [0.5, 0.6) is 0 Å². The number of fused-ring (bicyclic) bond motifs is 1. The number of amides is 1. The highest BCUT2D eigenvalue weighted by Crippen LogP contribution is 2.28. The summed E-state index contributed by atoms with van der Waals surface area (Å²) in [5.41, 5.74) is 1.51. The minimum atomic E-state index is -0.143. The Morgan fingerprint density at radius 3 is 2.48 bits per heavy atom. The number of carbonyl (C=O) groups excluding carboxylic acids is 1. The minimum Gasteiger partial charge on any atom is -0.466 e. The molecule has 0 saturated carbocycles. The first-order valence-corrected chi connectivity index (χ1v) is 7.69. The molecule has 1 amide bonds. The SMILES string of the molecule is O=C(c1ccccc1)N1N=C(c2ccccc2)O[C@H]2C=CC[C@H]21. The molecule has 2 atom stereocenters. The van der Waals surface area contributed by atoms with Crippen molar-refractivity contribution < 1.29 is 9.53 Å². The monoisotopic (exact) mass is 304 g/mol. The second-order valence-electron chi connectivity index (χ2n) is 5.60. The standard InChI is InChI=1S/C19H16N2O2/c22-19(15-10-5-2-6-11-15)21-16-12-7-13-17(16)23-18(20-21)14-8-3-1-4-9-14/h1-11,13,16-17H,12H2/t16-,17+/m1/s1. The zero-order valence-electron chi connectivity index (χ0n) is 12.5. The summed E-state index contributed by atoms with van der Waals surface area (Å²) < 4.78 is 5.98. The van der Waals surface area contributed by atoms with E-state index in [-0.39, 0.29) is 18.1 Å². The molecule has 4 nitrogen and oxygen atoms in total. The van der Waals surface area contributed by atoms with Crippen LogP contribution in [-0.2, 0) is 4.74 Å². The van der Waals surface area contributed by atoms with Crippen molar-refractivity contribution in [2.45, 2.75) is 18.6 Å². The number of benzene rings is 2. The third-order valence-electron chi connectivity index (χ3n) is 4.09. The van der Waals surface area contributed by atoms with E-state index < -0.39 is 0 Å². The quantitative estimate of drug-likeness (QED) is 0.799. The van der Waals surface area contributed by atoms with Crippen molar-refractivity contribution >= 4 is 11.8 Å². The highest BCUT2D eigenvalue weighted by Gasteiger charge is 2.38. The number of ether oxygens (including phenoxy) is 1. The van der Waals surface area contributed by atoms with E-state index in [1.54, 1.807) is 5.01 Å². The fraction of sp³-hybridized carbons (Fsp3) is 0.158. The molecule has 0 fully saturated rings. The first kappa shape index (κ1) is 13.8. The molecular formula is C19H16N2O2. The van der Waals surface area contributed by atoms with E-state index in [4.69, 9.17) is 4.74 Å². The Morgan fingerprint density at radius 2 is 1.74 bits per heavy atom. The summed E-state index contributed by atoms with van der Waals surface area (Å²) in [6, 6.07) is 18.8. The van der Waals surface area contributed by atoms with Crippen molar-refractivity contribution in [2.75, 3.05) is 0 Å². The Labute approximate surface area is 134 Å². The average Bonchev–Trinajstić information content (AvgIpc) is 3.10. The molecule has 0 N–H and O–H groups in total. The van der Waals surface area contributed by atoms with Gasteiger partial charge in [-0.3, -0.25) is 4.79 Å². The van der Waals surface area contributed by atoms with Gasteiger partial charge in [0, 0.05) is 11.1 Å². The average molecular weight is 304 g/mol. The lowest BCUT2D eigenvalue weighted by Gasteiger charge is -2.34. The summed E-state index contributed by atoms with van der Waals surface area (Å²) >= 11 is 0. The Kier molecular flexibility index (Phi) is 3.42. The molecule has 114 valence electrons. The van der Waals surface area contributed by atoms with Crippen LogP contribution < -0.4 is 0 Å². The second-order valence-corrected chi connectivity index (χ2v) is 5.60. The molecule has 1 aliphatic carbocycles. The Bertz CT molecular complexity index is 768. The van der Waals surface area contributed by atoms with Gasteiger partial charge in [-0.05, 0) is 36.8 Å². The predicted octanol–water partition coefficient (Wildman–Crippen LogP) is 3.22. The van der Waals surface area contributed by atoms with Gasteiger partial charge in [-0.25, -0.2) is 5.01 Å². The smallest absolute Gasteiger partial charge is 0.274 e. The maximum absolute atomic E-state index is 12.9. The topological polar surface area (TPSA) is 41.9 Å². The molecule has 2 aliphatic rings. The first-order chi connectivity index (χ1) is 11.3. The van der Waals surface area contributed by atoms with E-state index in [9.17, 15) is 4.79 Å². The fourth-order valence-electron chi connectivity index (χ4n) is 2.91. The van der Waals surface area contributed by atoms with Gasteiger partial charge in [0.05, 0.1) is 0 Å². The maximum Gasteiger partial charge on any atom is 0.274 e. The minimum absolute atomic E-state index is 0.0739. The summed E-state index contributed by atoms with van der Waals surface area (Å²) in [7, 11) is 0. The lowest BCUT2D eigenvalue weighted by molar-refractivity contribution is 0.0424. The molecular weight excluding hydrogens is 288 g/mol. The summed E-state index contributed by atoms with van der Waals surface area (Å²) in [4.78, 5) is 12.9. The van der Waals surface area contributed by atoms with Gasteiger partial charge in [-0.1, -0.05) is 42.5 Å². The summed E-state index contributed by atoms with van der Waals surface area (Å²) in [6.45, 7) is 0. The molecule has 2 aromatic rings. The molecule has 1 heterocycles. The molecule has 0 radical (unpaired) electrons. The van der Waals surface area contributed by atoms with E-state index in [1.165, 1.54) is 0 Å². The molecule has 0 spiro atoms. The Hall–Kier alpha value is -2.88. The zero-order valence-corrected chi connectivity index (χ0v) is 12.5. The Balaban J connectivity index is 1.72. The van der Waals surface area contributed by atoms with Crippen molar-refractivity contribution in [3.63, 3.8) is 0 Å². The van der Waals surface area contributed by atoms with E-state index in [2.05, 4.69) is 5.10 Å². The van der Waals surface area contributed by atoms with Crippen molar-refractivity contribution in [3.05, 3.63) is 83.9 Å². The van der Waals surface area contributed by atoms with Crippen LogP contribution in [-0.4, -0.2) is 29.0 Å². The van der Waals surface area contributed by atoms with Crippen molar-refractivity contribution in [3.8, 4) is 0 Å². The normalized spacial score (nSPS) is 22.3. The number of hydrogen-bond donors (Lipinski definition) is 0. The maximum atomic E-state index is 12.9. The Morgan fingerprint density at radius 1 is 1.04 bits per heavy atom. The van der Waals surface area contributed by atoms with Gasteiger partial charge in [0.25, 0.3) is 5.91 Å². The van der Waals surface area contributed by atoms with Gasteiger partial charge in [-0.2, -0.15) is 0 Å². The van der Waals surface area contributed by atoms with Crippen LogP contribution in [0.3, 0.4) is 0 Å².